The summed E-state index contributed by atoms with van der Waals surface area (Å²) < 4.78 is 10.7. The van der Waals surface area contributed by atoms with Crippen LogP contribution in [0.3, 0.4) is 0 Å². The number of aromatic nitrogens is 4. The number of pyridine rings is 1. The molecule has 1 aliphatic carbocycles. The fraction of sp³-hybridized carbons (Fsp3) is 0.500. The molecule has 4 rings (SSSR count). The molecule has 8 heteroatoms. The lowest BCUT2D eigenvalue weighted by molar-refractivity contribution is 0.220. The van der Waals surface area contributed by atoms with Crippen LogP contribution in [0, 0.1) is 11.3 Å². The molecule has 0 radical (unpaired) electrons. The molecular formula is C22H28BrN5OSi. The van der Waals surface area contributed by atoms with Gasteiger partial charge in [-0.3, -0.25) is 0 Å². The predicted octanol–water partition coefficient (Wildman–Crippen LogP) is 5.61. The molecule has 30 heavy (non-hydrogen) atoms. The van der Waals surface area contributed by atoms with E-state index in [2.05, 4.69) is 89.8 Å². The van der Waals surface area contributed by atoms with Gasteiger partial charge in [-0.2, -0.15) is 5.26 Å². The molecular weight excluding hydrogens is 458 g/mol. The van der Waals surface area contributed by atoms with Crippen molar-refractivity contribution in [2.24, 2.45) is 0 Å². The number of alkyl halides is 1. The standard InChI is InChI=1S/C22H28BrN5OSi/c1-22(2,3)30(4,5)29-21(23)20(28-12-17(10-24)25-14-28)18-13-27-11-16(15-6-7-15)8-9-19(27)26-18/h8-9,11-15,20-21H,6-7H2,1-5H3. The summed E-state index contributed by atoms with van der Waals surface area (Å²) in [5.74, 6) is 0.689. The third-order valence-electron chi connectivity index (χ3n) is 6.34. The summed E-state index contributed by atoms with van der Waals surface area (Å²) in [7, 11) is -2.03. The number of hydrogen-bond acceptors (Lipinski definition) is 4. The molecule has 1 saturated carbocycles. The highest BCUT2D eigenvalue weighted by molar-refractivity contribution is 9.09. The average molecular weight is 486 g/mol. The summed E-state index contributed by atoms with van der Waals surface area (Å²) in [5, 5.41) is 9.03. The molecule has 158 valence electrons. The zero-order chi connectivity index (χ0) is 21.7. The van der Waals surface area contributed by atoms with Crippen LogP contribution >= 0.6 is 15.9 Å². The molecule has 0 bridgehead atoms. The lowest BCUT2D eigenvalue weighted by atomic mass is 10.2. The fourth-order valence-corrected chi connectivity index (χ4v) is 6.31. The summed E-state index contributed by atoms with van der Waals surface area (Å²) in [6.45, 7) is 11.1. The Balaban J connectivity index is 1.73. The van der Waals surface area contributed by atoms with Gasteiger partial charge < -0.3 is 13.4 Å². The Labute approximate surface area is 187 Å². The largest absolute Gasteiger partial charge is 0.402 e. The number of hydrogen-bond donors (Lipinski definition) is 0. The van der Waals surface area contributed by atoms with E-state index in [0.29, 0.717) is 11.6 Å². The van der Waals surface area contributed by atoms with Crippen LogP contribution in [0.25, 0.3) is 5.65 Å². The molecule has 0 N–H and O–H groups in total. The second-order valence-electron chi connectivity index (χ2n) is 9.66. The monoisotopic (exact) mass is 485 g/mol. The summed E-state index contributed by atoms with van der Waals surface area (Å²) in [4.78, 5) is 9.11. The van der Waals surface area contributed by atoms with E-state index in [1.807, 2.05) is 4.57 Å². The Hall–Kier alpha value is -1.95. The topological polar surface area (TPSA) is 68.1 Å². The molecule has 3 aromatic rings. The summed E-state index contributed by atoms with van der Waals surface area (Å²) in [5.41, 5.74) is 3.54. The number of nitriles is 1. The molecule has 0 amide bonds. The first kappa shape index (κ1) is 21.3. The number of rotatable bonds is 6. The number of nitrogens with zero attached hydrogens (tertiary/aromatic N) is 5. The van der Waals surface area contributed by atoms with Crippen LogP contribution in [0.15, 0.2) is 37.1 Å². The van der Waals surface area contributed by atoms with Crippen LogP contribution in [-0.2, 0) is 4.43 Å². The fourth-order valence-electron chi connectivity index (χ4n) is 3.32. The molecule has 3 aromatic heterocycles. The van der Waals surface area contributed by atoms with Crippen molar-refractivity contribution < 1.29 is 4.43 Å². The Kier molecular flexibility index (Phi) is 5.41. The van der Waals surface area contributed by atoms with Gasteiger partial charge in [0.15, 0.2) is 14.0 Å². The highest BCUT2D eigenvalue weighted by Crippen LogP contribution is 2.42. The van der Waals surface area contributed by atoms with Crippen LogP contribution in [-0.4, -0.2) is 32.3 Å². The smallest absolute Gasteiger partial charge is 0.193 e. The molecule has 6 nitrogen and oxygen atoms in total. The summed E-state index contributed by atoms with van der Waals surface area (Å²) in [6, 6.07) is 6.14. The zero-order valence-corrected chi connectivity index (χ0v) is 20.7. The van der Waals surface area contributed by atoms with Crippen molar-refractivity contribution in [3.05, 3.63) is 54.0 Å². The van der Waals surface area contributed by atoms with Gasteiger partial charge in [0.05, 0.1) is 12.0 Å². The Bertz CT molecular complexity index is 1100. The highest BCUT2D eigenvalue weighted by Gasteiger charge is 2.41. The van der Waals surface area contributed by atoms with E-state index >= 15 is 0 Å². The second-order valence-corrected chi connectivity index (χ2v) is 15.3. The van der Waals surface area contributed by atoms with Crippen LogP contribution in [0.2, 0.25) is 18.1 Å². The molecule has 0 aromatic carbocycles. The minimum atomic E-state index is -2.03. The van der Waals surface area contributed by atoms with Crippen LogP contribution in [0.5, 0.6) is 0 Å². The Morgan fingerprint density at radius 3 is 2.57 bits per heavy atom. The molecule has 2 unspecified atom stereocenters. The van der Waals surface area contributed by atoms with E-state index in [-0.39, 0.29) is 16.1 Å². The number of halogens is 1. The average Bonchev–Trinajstić information content (AvgIpc) is 3.26. The van der Waals surface area contributed by atoms with E-state index in [4.69, 9.17) is 9.41 Å². The van der Waals surface area contributed by atoms with Gasteiger partial charge in [0, 0.05) is 18.6 Å². The third-order valence-corrected chi connectivity index (χ3v) is 11.8. The van der Waals surface area contributed by atoms with Crippen molar-refractivity contribution in [2.45, 2.75) is 68.7 Å². The molecule has 0 spiro atoms. The molecule has 0 aliphatic heterocycles. The van der Waals surface area contributed by atoms with Gasteiger partial charge in [-0.1, -0.05) is 42.8 Å². The van der Waals surface area contributed by atoms with Crippen molar-refractivity contribution in [2.75, 3.05) is 0 Å². The molecule has 3 heterocycles. The first-order valence-corrected chi connectivity index (χ1v) is 14.2. The third kappa shape index (κ3) is 4.11. The van der Waals surface area contributed by atoms with Crippen LogP contribution in [0.1, 0.15) is 62.5 Å². The number of fused-ring (bicyclic) bond motifs is 1. The molecule has 1 fully saturated rings. The van der Waals surface area contributed by atoms with Crippen LogP contribution in [0.4, 0.5) is 0 Å². The maximum atomic E-state index is 9.26. The van der Waals surface area contributed by atoms with Crippen molar-refractivity contribution >= 4 is 29.9 Å². The van der Waals surface area contributed by atoms with E-state index in [9.17, 15) is 5.26 Å². The van der Waals surface area contributed by atoms with Crippen LogP contribution < -0.4 is 0 Å². The lowest BCUT2D eigenvalue weighted by Crippen LogP contribution is -2.44. The van der Waals surface area contributed by atoms with E-state index < -0.39 is 8.32 Å². The van der Waals surface area contributed by atoms with Gasteiger partial charge in [0.25, 0.3) is 0 Å². The zero-order valence-electron chi connectivity index (χ0n) is 18.1. The van der Waals surface area contributed by atoms with Gasteiger partial charge in [-0.05, 0) is 48.5 Å². The maximum absolute atomic E-state index is 9.26. The Morgan fingerprint density at radius 1 is 1.23 bits per heavy atom. The van der Waals surface area contributed by atoms with Gasteiger partial charge in [-0.15, -0.1) is 0 Å². The predicted molar refractivity (Wildman–Crippen MR) is 123 cm³/mol. The minimum Gasteiger partial charge on any atom is -0.402 e. The first-order valence-electron chi connectivity index (χ1n) is 10.3. The normalized spacial score (nSPS) is 17.1. The Morgan fingerprint density at radius 2 is 1.97 bits per heavy atom. The minimum absolute atomic E-state index is 0.0778. The second kappa shape index (κ2) is 7.63. The molecule has 0 saturated heterocycles. The lowest BCUT2D eigenvalue weighted by Gasteiger charge is -2.39. The first-order chi connectivity index (χ1) is 14.1. The highest BCUT2D eigenvalue weighted by atomic mass is 79.9. The maximum Gasteiger partial charge on any atom is 0.193 e. The van der Waals surface area contributed by atoms with Crippen molar-refractivity contribution in [3.8, 4) is 6.07 Å². The van der Waals surface area contributed by atoms with E-state index in [1.54, 1.807) is 12.5 Å². The van der Waals surface area contributed by atoms with E-state index in [0.717, 1.165) is 11.3 Å². The number of imidazole rings is 2. The summed E-state index contributed by atoms with van der Waals surface area (Å²) >= 11 is 3.81. The van der Waals surface area contributed by atoms with Gasteiger partial charge in [0.1, 0.15) is 22.8 Å². The SMILES string of the molecule is CC(C)(C)[Si](C)(C)OC(Br)C(c1cn2cc(C3CC3)ccc2n1)n1cnc(C#N)c1. The molecule has 2 atom stereocenters. The van der Waals surface area contributed by atoms with Crippen molar-refractivity contribution in [3.63, 3.8) is 0 Å². The van der Waals surface area contributed by atoms with Gasteiger partial charge in [-0.25, -0.2) is 9.97 Å². The van der Waals surface area contributed by atoms with Crippen molar-refractivity contribution in [1.82, 2.24) is 18.9 Å². The summed E-state index contributed by atoms with van der Waals surface area (Å²) in [6.07, 6.45) is 10.2. The van der Waals surface area contributed by atoms with Crippen molar-refractivity contribution in [1.29, 1.82) is 5.26 Å². The van der Waals surface area contributed by atoms with Gasteiger partial charge in [0.2, 0.25) is 0 Å². The van der Waals surface area contributed by atoms with Gasteiger partial charge >= 0.3 is 0 Å². The quantitative estimate of drug-likeness (QED) is 0.335. The molecule has 1 aliphatic rings. The van der Waals surface area contributed by atoms with E-state index in [1.165, 1.54) is 18.4 Å².